The molecule has 2 aromatic rings. The van der Waals surface area contributed by atoms with Crippen molar-refractivity contribution in [1.29, 1.82) is 0 Å². The van der Waals surface area contributed by atoms with Crippen molar-refractivity contribution < 1.29 is 19.1 Å². The molecule has 1 saturated heterocycles. The molecule has 1 atom stereocenters. The zero-order valence-corrected chi connectivity index (χ0v) is 20.2. The summed E-state index contributed by atoms with van der Waals surface area (Å²) in [6.07, 6.45) is 2.05. The molecule has 180 valence electrons. The number of carbonyl (C=O) groups excluding carboxylic acids is 2. The Morgan fingerprint density at radius 3 is 2.44 bits per heavy atom. The van der Waals surface area contributed by atoms with E-state index in [2.05, 4.69) is 36.1 Å². The highest BCUT2D eigenvalue weighted by atomic mass is 16.5. The van der Waals surface area contributed by atoms with E-state index in [1.54, 1.807) is 12.1 Å². The Balaban J connectivity index is 1.51. The van der Waals surface area contributed by atoms with Gasteiger partial charge in [0, 0.05) is 12.0 Å². The Labute approximate surface area is 201 Å². The molecule has 2 heterocycles. The van der Waals surface area contributed by atoms with Crippen LogP contribution in [0.4, 0.5) is 0 Å². The predicted molar refractivity (Wildman–Crippen MR) is 131 cm³/mol. The van der Waals surface area contributed by atoms with Crippen LogP contribution in [0.15, 0.2) is 53.6 Å². The first kappa shape index (κ1) is 24.0. The molecule has 0 N–H and O–H groups in total. The lowest BCUT2D eigenvalue weighted by atomic mass is 9.96. The summed E-state index contributed by atoms with van der Waals surface area (Å²) in [6.45, 7) is 5.95. The number of hydrazone groups is 1. The summed E-state index contributed by atoms with van der Waals surface area (Å²) >= 11 is 0. The molecule has 0 radical (unpaired) electrons. The number of nitrogens with zero attached hydrogens (tertiary/aromatic N) is 3. The highest BCUT2D eigenvalue weighted by Crippen LogP contribution is 2.35. The molecule has 1 fully saturated rings. The molecule has 0 saturated carbocycles. The Morgan fingerprint density at radius 1 is 1.06 bits per heavy atom. The van der Waals surface area contributed by atoms with Gasteiger partial charge in [-0.3, -0.25) is 14.5 Å². The normalized spacial score (nSPS) is 19.1. The maximum Gasteiger partial charge on any atom is 0.309 e. The molecule has 0 unspecified atom stereocenters. The van der Waals surface area contributed by atoms with Gasteiger partial charge in [0.1, 0.15) is 5.75 Å². The summed E-state index contributed by atoms with van der Waals surface area (Å²) < 4.78 is 10.7. The van der Waals surface area contributed by atoms with Crippen LogP contribution in [0, 0.1) is 12.8 Å². The third-order valence-corrected chi connectivity index (χ3v) is 6.61. The van der Waals surface area contributed by atoms with Crippen molar-refractivity contribution in [1.82, 2.24) is 9.91 Å². The van der Waals surface area contributed by atoms with Crippen LogP contribution in [0.2, 0.25) is 0 Å². The number of hydrogen-bond donors (Lipinski definition) is 0. The standard InChI is InChI=1S/C27H33N3O4/c1-4-34-27(32)21-13-15-29(16-14-21)18-26(31)30-24(20-11-9-19(2)10-12-20)17-23(28-30)22-7-5-6-8-25(22)33-3/h5-12,21,24H,4,13-18H2,1-3H3/t24-/m0/s1. The van der Waals surface area contributed by atoms with Crippen molar-refractivity contribution in [3.05, 3.63) is 65.2 Å². The average Bonchev–Trinajstić information content (AvgIpc) is 3.30. The number of amides is 1. The van der Waals surface area contributed by atoms with E-state index < -0.39 is 0 Å². The number of likely N-dealkylation sites (tertiary alicyclic amines) is 1. The summed E-state index contributed by atoms with van der Waals surface area (Å²) in [5.41, 5.74) is 3.99. The summed E-state index contributed by atoms with van der Waals surface area (Å²) in [7, 11) is 1.65. The number of para-hydroxylation sites is 1. The molecule has 0 aromatic heterocycles. The molecule has 7 nitrogen and oxygen atoms in total. The Kier molecular flexibility index (Phi) is 7.63. The lowest BCUT2D eigenvalue weighted by Gasteiger charge is -2.32. The number of rotatable bonds is 7. The number of ether oxygens (including phenoxy) is 2. The van der Waals surface area contributed by atoms with Crippen LogP contribution in [0.5, 0.6) is 5.75 Å². The van der Waals surface area contributed by atoms with E-state index in [4.69, 9.17) is 14.6 Å². The molecule has 34 heavy (non-hydrogen) atoms. The number of aryl methyl sites for hydroxylation is 1. The molecule has 2 aliphatic rings. The van der Waals surface area contributed by atoms with E-state index in [0.717, 1.165) is 22.6 Å². The fourth-order valence-electron chi connectivity index (χ4n) is 4.68. The van der Waals surface area contributed by atoms with Gasteiger partial charge in [0.2, 0.25) is 0 Å². The number of methoxy groups -OCH3 is 1. The number of esters is 1. The van der Waals surface area contributed by atoms with Crippen molar-refractivity contribution in [3.63, 3.8) is 0 Å². The van der Waals surface area contributed by atoms with E-state index in [0.29, 0.717) is 39.0 Å². The van der Waals surface area contributed by atoms with E-state index in [1.165, 1.54) is 5.56 Å². The van der Waals surface area contributed by atoms with Gasteiger partial charge >= 0.3 is 5.97 Å². The molecular weight excluding hydrogens is 430 g/mol. The zero-order chi connectivity index (χ0) is 24.1. The van der Waals surface area contributed by atoms with Gasteiger partial charge in [-0.15, -0.1) is 0 Å². The monoisotopic (exact) mass is 463 g/mol. The average molecular weight is 464 g/mol. The molecule has 1 amide bonds. The van der Waals surface area contributed by atoms with Gasteiger partial charge in [0.15, 0.2) is 0 Å². The fourth-order valence-corrected chi connectivity index (χ4v) is 4.68. The second-order valence-electron chi connectivity index (χ2n) is 8.92. The maximum atomic E-state index is 13.5. The Bertz CT molecular complexity index is 1040. The van der Waals surface area contributed by atoms with Gasteiger partial charge in [-0.1, -0.05) is 42.0 Å². The van der Waals surface area contributed by atoms with Crippen LogP contribution in [-0.4, -0.2) is 60.8 Å². The summed E-state index contributed by atoms with van der Waals surface area (Å²) in [5.74, 6) is 0.511. The molecule has 0 bridgehead atoms. The first-order chi connectivity index (χ1) is 16.5. The molecule has 2 aromatic carbocycles. The second kappa shape index (κ2) is 10.8. The summed E-state index contributed by atoms with van der Waals surface area (Å²) in [4.78, 5) is 27.6. The molecule has 2 aliphatic heterocycles. The Hall–Kier alpha value is -3.19. The van der Waals surface area contributed by atoms with Gasteiger partial charge in [-0.25, -0.2) is 5.01 Å². The first-order valence-electron chi connectivity index (χ1n) is 12.0. The molecule has 7 heteroatoms. The number of hydrogen-bond acceptors (Lipinski definition) is 6. The third kappa shape index (κ3) is 5.30. The van der Waals surface area contributed by atoms with Crippen molar-refractivity contribution >= 4 is 17.6 Å². The van der Waals surface area contributed by atoms with Crippen LogP contribution >= 0.6 is 0 Å². The van der Waals surface area contributed by atoms with Crippen LogP contribution in [0.25, 0.3) is 0 Å². The van der Waals surface area contributed by atoms with Gasteiger partial charge in [-0.2, -0.15) is 5.10 Å². The molecule has 0 spiro atoms. The van der Waals surface area contributed by atoms with Crippen molar-refractivity contribution in [2.45, 2.75) is 39.2 Å². The van der Waals surface area contributed by atoms with Crippen molar-refractivity contribution in [2.75, 3.05) is 33.4 Å². The summed E-state index contributed by atoms with van der Waals surface area (Å²) in [6, 6.07) is 15.9. The lowest BCUT2D eigenvalue weighted by molar-refractivity contribution is -0.149. The smallest absolute Gasteiger partial charge is 0.309 e. The van der Waals surface area contributed by atoms with Gasteiger partial charge in [0.25, 0.3) is 5.91 Å². The number of benzene rings is 2. The van der Waals surface area contributed by atoms with Crippen LogP contribution in [-0.2, 0) is 14.3 Å². The molecule has 4 rings (SSSR count). The number of piperidine rings is 1. The topological polar surface area (TPSA) is 71.4 Å². The highest BCUT2D eigenvalue weighted by molar-refractivity contribution is 6.05. The van der Waals surface area contributed by atoms with Crippen molar-refractivity contribution in [2.24, 2.45) is 11.0 Å². The first-order valence-corrected chi connectivity index (χ1v) is 12.0. The van der Waals surface area contributed by atoms with Crippen LogP contribution in [0.1, 0.15) is 48.9 Å². The van der Waals surface area contributed by atoms with E-state index in [9.17, 15) is 9.59 Å². The number of carbonyl (C=O) groups is 2. The summed E-state index contributed by atoms with van der Waals surface area (Å²) in [5, 5.41) is 6.44. The third-order valence-electron chi connectivity index (χ3n) is 6.61. The van der Waals surface area contributed by atoms with Crippen LogP contribution < -0.4 is 4.74 Å². The lowest BCUT2D eigenvalue weighted by Crippen LogP contribution is -2.43. The van der Waals surface area contributed by atoms with E-state index in [-0.39, 0.29) is 30.4 Å². The van der Waals surface area contributed by atoms with Gasteiger partial charge in [0.05, 0.1) is 37.9 Å². The SMILES string of the molecule is CCOC(=O)C1CCN(CC(=O)N2N=C(c3ccccc3OC)C[C@H]2c2ccc(C)cc2)CC1. The van der Waals surface area contributed by atoms with E-state index >= 15 is 0 Å². The minimum absolute atomic E-state index is 0.0370. The minimum Gasteiger partial charge on any atom is -0.496 e. The quantitative estimate of drug-likeness (QED) is 0.582. The predicted octanol–water partition coefficient (Wildman–Crippen LogP) is 3.96. The minimum atomic E-state index is -0.162. The van der Waals surface area contributed by atoms with Crippen LogP contribution in [0.3, 0.4) is 0 Å². The van der Waals surface area contributed by atoms with Crippen molar-refractivity contribution in [3.8, 4) is 5.75 Å². The Morgan fingerprint density at radius 2 is 1.76 bits per heavy atom. The second-order valence-corrected chi connectivity index (χ2v) is 8.92. The maximum absolute atomic E-state index is 13.5. The highest BCUT2D eigenvalue weighted by Gasteiger charge is 2.35. The largest absolute Gasteiger partial charge is 0.496 e. The zero-order valence-electron chi connectivity index (χ0n) is 20.2. The van der Waals surface area contributed by atoms with Gasteiger partial charge < -0.3 is 9.47 Å². The van der Waals surface area contributed by atoms with Gasteiger partial charge in [-0.05, 0) is 57.5 Å². The molecule has 0 aliphatic carbocycles. The molecular formula is C27H33N3O4. The fraction of sp³-hybridized carbons (Fsp3) is 0.444. The van der Waals surface area contributed by atoms with E-state index in [1.807, 2.05) is 31.2 Å².